The van der Waals surface area contributed by atoms with E-state index in [1.807, 2.05) is 0 Å². The van der Waals surface area contributed by atoms with Crippen LogP contribution < -0.4 is 5.32 Å². The molecular weight excluding hydrogens is 202 g/mol. The predicted octanol–water partition coefficient (Wildman–Crippen LogP) is 1.45. The van der Waals surface area contributed by atoms with Gasteiger partial charge in [-0.1, -0.05) is 34.9 Å². The highest BCUT2D eigenvalue weighted by atomic mass is 15.6. The Morgan fingerprint density at radius 1 is 1.25 bits per heavy atom. The number of nitrogens with zero attached hydrogens (tertiary/aromatic N) is 4. The van der Waals surface area contributed by atoms with Crippen molar-refractivity contribution in [1.29, 1.82) is 0 Å². The van der Waals surface area contributed by atoms with E-state index in [9.17, 15) is 0 Å². The largest absolute Gasteiger partial charge is 0.323 e. The van der Waals surface area contributed by atoms with E-state index in [0.29, 0.717) is 12.5 Å². The third kappa shape index (κ3) is 1.46. The van der Waals surface area contributed by atoms with Crippen LogP contribution in [0.1, 0.15) is 11.1 Å². The smallest absolute Gasteiger partial charge is 0.247 e. The van der Waals surface area contributed by atoms with Crippen LogP contribution in [0.25, 0.3) is 5.70 Å². The van der Waals surface area contributed by atoms with E-state index in [-0.39, 0.29) is 0 Å². The minimum absolute atomic E-state index is 0.693. The van der Waals surface area contributed by atoms with Crippen molar-refractivity contribution in [2.24, 2.45) is 0 Å². The maximum absolute atomic E-state index is 3.90. The van der Waals surface area contributed by atoms with Gasteiger partial charge >= 0.3 is 0 Å². The number of aryl methyl sites for hydroxylation is 1. The van der Waals surface area contributed by atoms with E-state index in [1.165, 1.54) is 5.56 Å². The highest BCUT2D eigenvalue weighted by molar-refractivity contribution is 5.75. The molecule has 1 aromatic heterocycles. The first kappa shape index (κ1) is 9.08. The zero-order valence-corrected chi connectivity index (χ0v) is 8.88. The summed E-state index contributed by atoms with van der Waals surface area (Å²) in [5.41, 5.74) is 3.46. The van der Waals surface area contributed by atoms with Crippen LogP contribution in [0.4, 0.5) is 5.95 Å². The van der Waals surface area contributed by atoms with Gasteiger partial charge in [0.1, 0.15) is 0 Å². The summed E-state index contributed by atoms with van der Waals surface area (Å²) in [6.07, 6.45) is 2.08. The van der Waals surface area contributed by atoms with E-state index >= 15 is 0 Å². The van der Waals surface area contributed by atoms with Crippen LogP contribution in [0.2, 0.25) is 0 Å². The molecule has 0 saturated carbocycles. The van der Waals surface area contributed by atoms with Crippen molar-refractivity contribution in [1.82, 2.24) is 20.2 Å². The molecule has 0 bridgehead atoms. The fourth-order valence-corrected chi connectivity index (χ4v) is 1.69. The fraction of sp³-hybridized carbons (Fsp3) is 0.182. The van der Waals surface area contributed by atoms with Crippen molar-refractivity contribution in [2.45, 2.75) is 13.5 Å². The van der Waals surface area contributed by atoms with E-state index in [1.54, 1.807) is 4.68 Å². The summed E-state index contributed by atoms with van der Waals surface area (Å²) < 4.78 is 1.72. The second-order valence-corrected chi connectivity index (χ2v) is 3.79. The van der Waals surface area contributed by atoms with Gasteiger partial charge in [0.2, 0.25) is 5.95 Å². The standard InChI is InChI=1S/C11H11N5/c1-8-2-4-9(5-3-8)10-6-7-16-11(12-10)13-14-15-16/h2-6H,7H2,1H3,(H,12,13,15). The molecule has 0 radical (unpaired) electrons. The summed E-state index contributed by atoms with van der Waals surface area (Å²) in [7, 11) is 0. The molecular formula is C11H11N5. The molecule has 3 rings (SSSR count). The average molecular weight is 213 g/mol. The molecule has 0 atom stereocenters. The quantitative estimate of drug-likeness (QED) is 0.779. The van der Waals surface area contributed by atoms with Gasteiger partial charge < -0.3 is 5.32 Å². The predicted molar refractivity (Wildman–Crippen MR) is 60.6 cm³/mol. The number of rotatable bonds is 1. The Kier molecular flexibility index (Phi) is 1.96. The number of hydrogen-bond acceptors (Lipinski definition) is 4. The fourth-order valence-electron chi connectivity index (χ4n) is 1.69. The number of tetrazole rings is 1. The lowest BCUT2D eigenvalue weighted by Gasteiger charge is -2.15. The number of allylic oxidation sites excluding steroid dienone is 1. The van der Waals surface area contributed by atoms with Crippen LogP contribution in [-0.4, -0.2) is 20.2 Å². The van der Waals surface area contributed by atoms with Crippen molar-refractivity contribution >= 4 is 11.6 Å². The third-order valence-electron chi connectivity index (χ3n) is 2.61. The molecule has 0 fully saturated rings. The molecule has 5 nitrogen and oxygen atoms in total. The third-order valence-corrected chi connectivity index (χ3v) is 2.61. The summed E-state index contributed by atoms with van der Waals surface area (Å²) >= 11 is 0. The lowest BCUT2D eigenvalue weighted by molar-refractivity contribution is 0.661. The maximum Gasteiger partial charge on any atom is 0.247 e. The Bertz CT molecular complexity index is 538. The monoisotopic (exact) mass is 213 g/mol. The Hall–Kier alpha value is -2.17. The lowest BCUT2D eigenvalue weighted by Crippen LogP contribution is -2.13. The van der Waals surface area contributed by atoms with Crippen LogP contribution in [0, 0.1) is 6.92 Å². The van der Waals surface area contributed by atoms with Gasteiger partial charge in [-0.15, -0.1) is 0 Å². The minimum Gasteiger partial charge on any atom is -0.323 e. The molecule has 1 aliphatic rings. The second-order valence-electron chi connectivity index (χ2n) is 3.79. The van der Waals surface area contributed by atoms with Crippen LogP contribution in [-0.2, 0) is 6.54 Å². The first-order valence-electron chi connectivity index (χ1n) is 5.13. The van der Waals surface area contributed by atoms with Crippen LogP contribution in [0.3, 0.4) is 0 Å². The molecule has 5 heteroatoms. The van der Waals surface area contributed by atoms with E-state index in [4.69, 9.17) is 0 Å². The second kappa shape index (κ2) is 3.44. The Labute approximate surface area is 92.8 Å². The van der Waals surface area contributed by atoms with E-state index < -0.39 is 0 Å². The van der Waals surface area contributed by atoms with Gasteiger partial charge in [0, 0.05) is 5.70 Å². The summed E-state index contributed by atoms with van der Waals surface area (Å²) in [5.74, 6) is 0.693. The molecule has 0 spiro atoms. The Morgan fingerprint density at radius 2 is 2.06 bits per heavy atom. The Balaban J connectivity index is 1.92. The number of fused-ring (bicyclic) bond motifs is 1. The highest BCUT2D eigenvalue weighted by Crippen LogP contribution is 2.20. The molecule has 0 unspecified atom stereocenters. The van der Waals surface area contributed by atoms with Gasteiger partial charge in [0.05, 0.1) is 6.54 Å². The minimum atomic E-state index is 0.693. The Morgan fingerprint density at radius 3 is 2.88 bits per heavy atom. The molecule has 80 valence electrons. The number of anilines is 1. The van der Waals surface area contributed by atoms with Crippen molar-refractivity contribution in [2.75, 3.05) is 5.32 Å². The summed E-state index contributed by atoms with van der Waals surface area (Å²) in [4.78, 5) is 0. The molecule has 0 aliphatic carbocycles. The molecule has 0 amide bonds. The number of hydrogen-bond donors (Lipinski definition) is 1. The van der Waals surface area contributed by atoms with Crippen molar-refractivity contribution in [3.63, 3.8) is 0 Å². The number of aromatic nitrogens is 4. The molecule has 1 aromatic carbocycles. The summed E-state index contributed by atoms with van der Waals surface area (Å²) in [6, 6.07) is 8.37. The molecule has 2 aromatic rings. The maximum atomic E-state index is 3.90. The van der Waals surface area contributed by atoms with Crippen LogP contribution in [0.5, 0.6) is 0 Å². The average Bonchev–Trinajstić information content (AvgIpc) is 2.77. The summed E-state index contributed by atoms with van der Waals surface area (Å²) in [5, 5.41) is 14.6. The number of benzene rings is 1. The normalized spacial score (nSPS) is 13.9. The van der Waals surface area contributed by atoms with Gasteiger partial charge in [-0.2, -0.15) is 0 Å². The van der Waals surface area contributed by atoms with E-state index in [0.717, 1.165) is 11.3 Å². The van der Waals surface area contributed by atoms with Crippen molar-refractivity contribution in [3.05, 3.63) is 41.5 Å². The van der Waals surface area contributed by atoms with Crippen molar-refractivity contribution < 1.29 is 0 Å². The SMILES string of the molecule is Cc1ccc(C2=CCn3nnnc3N2)cc1. The zero-order valence-electron chi connectivity index (χ0n) is 8.88. The first-order chi connectivity index (χ1) is 7.83. The van der Waals surface area contributed by atoms with Crippen LogP contribution in [0.15, 0.2) is 30.3 Å². The van der Waals surface area contributed by atoms with Gasteiger partial charge in [-0.25, -0.2) is 4.68 Å². The van der Waals surface area contributed by atoms with Gasteiger partial charge in [-0.3, -0.25) is 0 Å². The topological polar surface area (TPSA) is 55.6 Å². The zero-order chi connectivity index (χ0) is 11.0. The molecule has 1 aliphatic heterocycles. The highest BCUT2D eigenvalue weighted by Gasteiger charge is 2.13. The summed E-state index contributed by atoms with van der Waals surface area (Å²) in [6.45, 7) is 2.78. The number of nitrogens with one attached hydrogen (secondary N) is 1. The van der Waals surface area contributed by atoms with Crippen molar-refractivity contribution in [3.8, 4) is 0 Å². The molecule has 16 heavy (non-hydrogen) atoms. The van der Waals surface area contributed by atoms with Crippen LogP contribution >= 0.6 is 0 Å². The van der Waals surface area contributed by atoms with Gasteiger partial charge in [0.15, 0.2) is 0 Å². The molecule has 1 N–H and O–H groups in total. The van der Waals surface area contributed by atoms with Gasteiger partial charge in [-0.05, 0) is 29.0 Å². The first-order valence-corrected chi connectivity index (χ1v) is 5.13. The lowest BCUT2D eigenvalue weighted by atomic mass is 10.1. The van der Waals surface area contributed by atoms with Gasteiger partial charge in [0.25, 0.3) is 0 Å². The molecule has 2 heterocycles. The molecule has 0 saturated heterocycles. The van der Waals surface area contributed by atoms with E-state index in [2.05, 4.69) is 58.1 Å².